The highest BCUT2D eigenvalue weighted by Gasteiger charge is 2.62. The van der Waals surface area contributed by atoms with Crippen LogP contribution in [0.5, 0.6) is 0 Å². The summed E-state index contributed by atoms with van der Waals surface area (Å²) >= 11 is 28.8. The Labute approximate surface area is 252 Å². The lowest BCUT2D eigenvalue weighted by atomic mass is 9.80. The molecule has 0 aromatic carbocycles. The van der Waals surface area contributed by atoms with Gasteiger partial charge in [-0.3, -0.25) is 29.0 Å². The molecule has 2 heterocycles. The number of amides is 4. The van der Waals surface area contributed by atoms with Gasteiger partial charge in [-0.1, -0.05) is 127 Å². The van der Waals surface area contributed by atoms with Gasteiger partial charge in [0, 0.05) is 51.7 Å². The lowest BCUT2D eigenvalue weighted by Gasteiger charge is -2.38. The van der Waals surface area contributed by atoms with Crippen LogP contribution >= 0.6 is 127 Å². The zero-order valence-electron chi connectivity index (χ0n) is 15.9. The summed E-state index contributed by atoms with van der Waals surface area (Å²) < 4.78 is 0. The fraction of sp³-hybridized carbons (Fsp3) is 0.778. The molecule has 4 amide bonds. The van der Waals surface area contributed by atoms with Crippen LogP contribution in [0.2, 0.25) is 0 Å². The van der Waals surface area contributed by atoms with Gasteiger partial charge in [0.05, 0.1) is 23.7 Å². The maximum Gasteiger partial charge on any atom is 0.234 e. The van der Waals surface area contributed by atoms with E-state index in [2.05, 4.69) is 127 Å². The molecule has 4 rings (SSSR count). The van der Waals surface area contributed by atoms with Gasteiger partial charge in [-0.2, -0.15) is 0 Å². The predicted octanol–water partition coefficient (Wildman–Crippen LogP) is 4.32. The van der Waals surface area contributed by atoms with Crippen LogP contribution in [0.1, 0.15) is 0 Å². The number of imide groups is 2. The van der Waals surface area contributed by atoms with Crippen molar-refractivity contribution in [2.45, 2.75) is 38.6 Å². The molecular weight excluding hydrogens is 947 g/mol. The lowest BCUT2D eigenvalue weighted by Crippen LogP contribution is -2.50. The van der Waals surface area contributed by atoms with Crippen molar-refractivity contribution in [2.24, 2.45) is 23.7 Å². The van der Waals surface area contributed by atoms with Crippen molar-refractivity contribution in [3.63, 3.8) is 0 Å². The Balaban J connectivity index is 1.52. The summed E-state index contributed by atoms with van der Waals surface area (Å²) in [6.45, 7) is -0.00730. The molecular formula is C18H16Br8N2O4. The van der Waals surface area contributed by atoms with Crippen molar-refractivity contribution in [3.05, 3.63) is 0 Å². The third-order valence-electron chi connectivity index (χ3n) is 6.72. The zero-order valence-corrected chi connectivity index (χ0v) is 28.6. The Bertz CT molecular complexity index is 731. The molecule has 0 radical (unpaired) electrons. The first-order valence-electron chi connectivity index (χ1n) is 9.74. The number of hydrogen-bond donors (Lipinski definition) is 0. The maximum atomic E-state index is 13.2. The molecule has 6 nitrogen and oxygen atoms in total. The first kappa shape index (κ1) is 27.2. The quantitative estimate of drug-likeness (QED) is 0.313. The summed E-state index contributed by atoms with van der Waals surface area (Å²) in [6, 6.07) is 0. The average Bonchev–Trinajstić information content (AvgIpc) is 3.15. The molecule has 178 valence electrons. The molecule has 2 saturated carbocycles. The Hall–Kier alpha value is 2.12. The molecule has 0 N–H and O–H groups in total. The van der Waals surface area contributed by atoms with Crippen LogP contribution in [0.3, 0.4) is 0 Å². The molecule has 0 aromatic rings. The summed E-state index contributed by atoms with van der Waals surface area (Å²) in [5.41, 5.74) is 0. The van der Waals surface area contributed by atoms with Crippen LogP contribution in [0, 0.1) is 23.7 Å². The molecule has 2 aliphatic heterocycles. The van der Waals surface area contributed by atoms with Crippen LogP contribution in [0.15, 0.2) is 0 Å². The van der Waals surface area contributed by atoms with E-state index in [1.165, 1.54) is 9.80 Å². The third-order valence-corrected chi connectivity index (χ3v) is 20.1. The third kappa shape index (κ3) is 4.10. The summed E-state index contributed by atoms with van der Waals surface area (Å²) in [7, 11) is 0. The Kier molecular flexibility index (Phi) is 8.59. The van der Waals surface area contributed by atoms with Crippen LogP contribution in [0.4, 0.5) is 0 Å². The second-order valence-electron chi connectivity index (χ2n) is 8.31. The highest BCUT2D eigenvalue weighted by molar-refractivity contribution is 9.15. The van der Waals surface area contributed by atoms with Gasteiger partial charge < -0.3 is 0 Å². The summed E-state index contributed by atoms with van der Waals surface area (Å²) in [6.07, 6.45) is 0. The standard InChI is InChI=1S/C18H16Br8N2O4/c19-7-3-4(8(20)12(24)11(7)23)16(30)27(15(3)29)1-2-28-17(31)5-6(18(28)32)10(22)14(26)13(25)9(5)21/h3-14H,1-2H2. The second kappa shape index (κ2) is 10.1. The normalized spacial score (nSPS) is 49.0. The predicted molar refractivity (Wildman–Crippen MR) is 149 cm³/mol. The number of carbonyl (C=O) groups excluding carboxylic acids is 4. The number of rotatable bonds is 3. The SMILES string of the molecule is O=C1C2C(Br)C(Br)C(Br)C(Br)C2C(=O)N1CCN1C(=O)C2C(Br)C(Br)C(Br)C(Br)C2C1=O. The van der Waals surface area contributed by atoms with Crippen LogP contribution in [0.25, 0.3) is 0 Å². The van der Waals surface area contributed by atoms with E-state index in [1.54, 1.807) is 0 Å². The number of alkyl halides is 8. The van der Waals surface area contributed by atoms with Crippen LogP contribution < -0.4 is 0 Å². The molecule has 12 unspecified atom stereocenters. The summed E-state index contributed by atoms with van der Waals surface area (Å²) in [5, 5.41) is 0. The number of carbonyl (C=O) groups is 4. The molecule has 12 atom stereocenters. The molecule has 2 saturated heterocycles. The zero-order chi connectivity index (χ0) is 23.8. The van der Waals surface area contributed by atoms with E-state index in [1.807, 2.05) is 0 Å². The molecule has 32 heavy (non-hydrogen) atoms. The van der Waals surface area contributed by atoms with Crippen molar-refractivity contribution < 1.29 is 19.2 Å². The van der Waals surface area contributed by atoms with E-state index in [4.69, 9.17) is 0 Å². The second-order valence-corrected chi connectivity index (χ2v) is 16.8. The van der Waals surface area contributed by atoms with Gasteiger partial charge in [0.2, 0.25) is 23.6 Å². The number of nitrogens with zero attached hydrogens (tertiary/aromatic N) is 2. The van der Waals surface area contributed by atoms with Crippen molar-refractivity contribution >= 4 is 151 Å². The van der Waals surface area contributed by atoms with E-state index >= 15 is 0 Å². The van der Waals surface area contributed by atoms with Gasteiger partial charge in [0.15, 0.2) is 0 Å². The number of hydrogen-bond acceptors (Lipinski definition) is 4. The van der Waals surface area contributed by atoms with Crippen molar-refractivity contribution in [1.29, 1.82) is 0 Å². The van der Waals surface area contributed by atoms with Crippen LogP contribution in [-0.4, -0.2) is 85.1 Å². The maximum absolute atomic E-state index is 13.2. The molecule has 4 aliphatic rings. The van der Waals surface area contributed by atoms with Gasteiger partial charge >= 0.3 is 0 Å². The Morgan fingerprint density at radius 2 is 0.594 bits per heavy atom. The highest BCUT2D eigenvalue weighted by Crippen LogP contribution is 2.50. The summed E-state index contributed by atoms with van der Waals surface area (Å²) in [5.74, 6) is -3.15. The van der Waals surface area contributed by atoms with Gasteiger partial charge in [-0.05, 0) is 0 Å². The van der Waals surface area contributed by atoms with Gasteiger partial charge in [-0.15, -0.1) is 0 Å². The summed E-state index contributed by atoms with van der Waals surface area (Å²) in [4.78, 5) is 54.0. The largest absolute Gasteiger partial charge is 0.280 e. The molecule has 0 aromatic heterocycles. The van der Waals surface area contributed by atoms with E-state index < -0.39 is 23.7 Å². The first-order valence-corrected chi connectivity index (χ1v) is 17.1. The molecule has 2 aliphatic carbocycles. The van der Waals surface area contributed by atoms with Crippen LogP contribution in [-0.2, 0) is 19.2 Å². The van der Waals surface area contributed by atoms with Crippen molar-refractivity contribution in [3.8, 4) is 0 Å². The topological polar surface area (TPSA) is 74.8 Å². The molecule has 0 spiro atoms. The number of halogens is 8. The molecule has 0 bridgehead atoms. The van der Waals surface area contributed by atoms with E-state index in [-0.39, 0.29) is 75.3 Å². The van der Waals surface area contributed by atoms with E-state index in [0.717, 1.165) is 0 Å². The Morgan fingerprint density at radius 1 is 0.406 bits per heavy atom. The minimum absolute atomic E-state index is 0.00365. The molecule has 4 fully saturated rings. The van der Waals surface area contributed by atoms with Crippen molar-refractivity contribution in [1.82, 2.24) is 9.80 Å². The van der Waals surface area contributed by atoms with Gasteiger partial charge in [0.1, 0.15) is 0 Å². The fourth-order valence-corrected chi connectivity index (χ4v) is 12.8. The van der Waals surface area contributed by atoms with E-state index in [0.29, 0.717) is 0 Å². The Morgan fingerprint density at radius 3 is 0.781 bits per heavy atom. The minimum atomic E-state index is -0.514. The van der Waals surface area contributed by atoms with Gasteiger partial charge in [-0.25, -0.2) is 0 Å². The number of likely N-dealkylation sites (tertiary alicyclic amines) is 2. The lowest BCUT2D eigenvalue weighted by molar-refractivity contribution is -0.145. The fourth-order valence-electron chi connectivity index (χ4n) is 5.02. The average molecular weight is 964 g/mol. The van der Waals surface area contributed by atoms with E-state index in [9.17, 15) is 19.2 Å². The highest BCUT2D eigenvalue weighted by atomic mass is 79.9. The first-order chi connectivity index (χ1) is 14.9. The molecule has 14 heteroatoms. The van der Waals surface area contributed by atoms with Gasteiger partial charge in [0.25, 0.3) is 0 Å². The minimum Gasteiger partial charge on any atom is -0.280 e. The number of fused-ring (bicyclic) bond motifs is 2. The monoisotopic (exact) mass is 955 g/mol. The van der Waals surface area contributed by atoms with Crippen molar-refractivity contribution in [2.75, 3.05) is 13.1 Å². The smallest absolute Gasteiger partial charge is 0.234 e.